The molecule has 3 rings (SSSR count). The molecule has 2 aromatic rings. The Labute approximate surface area is 128 Å². The molecule has 0 bridgehead atoms. The fourth-order valence-corrected chi connectivity index (χ4v) is 3.06. The van der Waals surface area contributed by atoms with Crippen molar-refractivity contribution in [1.29, 1.82) is 0 Å². The molecule has 1 amide bonds. The van der Waals surface area contributed by atoms with Crippen molar-refractivity contribution in [3.8, 4) is 0 Å². The van der Waals surface area contributed by atoms with E-state index in [9.17, 15) is 9.18 Å². The normalized spacial score (nSPS) is 20.8. The van der Waals surface area contributed by atoms with Crippen molar-refractivity contribution >= 4 is 5.91 Å². The van der Waals surface area contributed by atoms with Crippen LogP contribution in [0.25, 0.3) is 0 Å². The fourth-order valence-electron chi connectivity index (χ4n) is 3.06. The third-order valence-electron chi connectivity index (χ3n) is 4.26. The molecular formula is C17H18FN3O. The molecule has 1 aliphatic carbocycles. The van der Waals surface area contributed by atoms with E-state index in [1.54, 1.807) is 13.0 Å². The van der Waals surface area contributed by atoms with E-state index in [1.165, 1.54) is 18.3 Å². The van der Waals surface area contributed by atoms with Gasteiger partial charge in [-0.1, -0.05) is 12.1 Å². The first-order valence-corrected chi connectivity index (χ1v) is 7.48. The minimum absolute atomic E-state index is 0.0999. The van der Waals surface area contributed by atoms with E-state index in [4.69, 9.17) is 0 Å². The first-order chi connectivity index (χ1) is 10.6. The van der Waals surface area contributed by atoms with E-state index in [2.05, 4.69) is 15.5 Å². The van der Waals surface area contributed by atoms with Gasteiger partial charge in [-0.2, -0.15) is 10.2 Å². The molecule has 1 fully saturated rings. The van der Waals surface area contributed by atoms with Crippen molar-refractivity contribution in [3.63, 3.8) is 0 Å². The van der Waals surface area contributed by atoms with Gasteiger partial charge in [-0.15, -0.1) is 0 Å². The first-order valence-electron chi connectivity index (χ1n) is 7.48. The molecule has 0 radical (unpaired) electrons. The fraction of sp³-hybridized carbons (Fsp3) is 0.353. The molecule has 1 N–H and O–H groups in total. The van der Waals surface area contributed by atoms with E-state index in [1.807, 2.05) is 12.1 Å². The second-order valence-corrected chi connectivity index (χ2v) is 5.76. The second kappa shape index (κ2) is 6.22. The number of carbonyl (C=O) groups is 1. The molecule has 5 heteroatoms. The van der Waals surface area contributed by atoms with Gasteiger partial charge >= 0.3 is 0 Å². The van der Waals surface area contributed by atoms with Gasteiger partial charge in [0.2, 0.25) is 0 Å². The zero-order valence-electron chi connectivity index (χ0n) is 12.4. The number of nitrogens with zero attached hydrogens (tertiary/aromatic N) is 2. The van der Waals surface area contributed by atoms with Crippen LogP contribution in [0.2, 0.25) is 0 Å². The number of carbonyl (C=O) groups excluding carboxylic acids is 1. The predicted molar refractivity (Wildman–Crippen MR) is 81.0 cm³/mol. The van der Waals surface area contributed by atoms with Gasteiger partial charge in [0.15, 0.2) is 0 Å². The Morgan fingerprint density at radius 2 is 2.00 bits per heavy atom. The molecule has 1 saturated carbocycles. The number of nitrogens with one attached hydrogen (secondary N) is 1. The van der Waals surface area contributed by atoms with Crippen LogP contribution in [-0.4, -0.2) is 22.1 Å². The lowest BCUT2D eigenvalue weighted by Crippen LogP contribution is -2.33. The molecule has 0 aliphatic heterocycles. The number of rotatable bonds is 3. The van der Waals surface area contributed by atoms with Gasteiger partial charge in [0.05, 0.1) is 17.5 Å². The number of halogens is 1. The molecule has 0 spiro atoms. The third-order valence-corrected chi connectivity index (χ3v) is 4.26. The molecule has 2 atom stereocenters. The molecule has 1 aromatic heterocycles. The monoisotopic (exact) mass is 299 g/mol. The Hall–Kier alpha value is -2.30. The highest BCUT2D eigenvalue weighted by molar-refractivity contribution is 5.95. The van der Waals surface area contributed by atoms with E-state index in [0.717, 1.165) is 24.8 Å². The number of benzene rings is 1. The van der Waals surface area contributed by atoms with Crippen LogP contribution in [-0.2, 0) is 0 Å². The van der Waals surface area contributed by atoms with Gasteiger partial charge in [0, 0.05) is 6.04 Å². The van der Waals surface area contributed by atoms with Gasteiger partial charge in [0.25, 0.3) is 5.91 Å². The Morgan fingerprint density at radius 1 is 1.23 bits per heavy atom. The van der Waals surface area contributed by atoms with Crippen molar-refractivity contribution < 1.29 is 9.18 Å². The lowest BCUT2D eigenvalue weighted by atomic mass is 9.97. The SMILES string of the molecule is Cc1nnccc1C(=O)NC1CCC(c2ccc(F)cc2)C1. The minimum atomic E-state index is -0.215. The largest absolute Gasteiger partial charge is 0.349 e. The summed E-state index contributed by atoms with van der Waals surface area (Å²) in [6.45, 7) is 1.78. The zero-order chi connectivity index (χ0) is 15.5. The second-order valence-electron chi connectivity index (χ2n) is 5.76. The van der Waals surface area contributed by atoms with Crippen LogP contribution in [0.5, 0.6) is 0 Å². The molecule has 4 nitrogen and oxygen atoms in total. The average Bonchev–Trinajstić information content (AvgIpc) is 2.97. The Balaban J connectivity index is 1.62. The standard InChI is InChI=1S/C17H18FN3O/c1-11-16(8-9-19-21-11)17(22)20-15-7-4-13(10-15)12-2-5-14(18)6-3-12/h2-3,5-6,8-9,13,15H,4,7,10H2,1H3,(H,20,22). The summed E-state index contributed by atoms with van der Waals surface area (Å²) in [5.41, 5.74) is 2.34. The molecule has 0 saturated heterocycles. The summed E-state index contributed by atoms with van der Waals surface area (Å²) in [7, 11) is 0. The summed E-state index contributed by atoms with van der Waals surface area (Å²) in [5, 5.41) is 10.7. The smallest absolute Gasteiger partial charge is 0.253 e. The Bertz CT molecular complexity index is 672. The van der Waals surface area contributed by atoms with E-state index in [0.29, 0.717) is 17.2 Å². The molecule has 1 aromatic carbocycles. The number of aromatic nitrogens is 2. The van der Waals surface area contributed by atoms with Crippen molar-refractivity contribution in [2.75, 3.05) is 0 Å². The summed E-state index contributed by atoms with van der Waals surface area (Å²) in [5.74, 6) is 0.0620. The van der Waals surface area contributed by atoms with Crippen molar-refractivity contribution in [1.82, 2.24) is 15.5 Å². The quantitative estimate of drug-likeness (QED) is 0.948. The van der Waals surface area contributed by atoms with Gasteiger partial charge in [-0.25, -0.2) is 4.39 Å². The number of hydrogen-bond donors (Lipinski definition) is 1. The highest BCUT2D eigenvalue weighted by atomic mass is 19.1. The molecule has 1 aliphatic rings. The highest BCUT2D eigenvalue weighted by Gasteiger charge is 2.27. The summed E-state index contributed by atoms with van der Waals surface area (Å²) in [6, 6.07) is 8.49. The van der Waals surface area contributed by atoms with Crippen LogP contribution in [0.15, 0.2) is 36.5 Å². The zero-order valence-corrected chi connectivity index (χ0v) is 12.4. The summed E-state index contributed by atoms with van der Waals surface area (Å²) in [4.78, 5) is 12.3. The van der Waals surface area contributed by atoms with Crippen molar-refractivity contribution in [2.24, 2.45) is 0 Å². The summed E-state index contributed by atoms with van der Waals surface area (Å²) in [6.07, 6.45) is 4.35. The van der Waals surface area contributed by atoms with Crippen LogP contribution < -0.4 is 5.32 Å². The summed E-state index contributed by atoms with van der Waals surface area (Å²) < 4.78 is 13.0. The van der Waals surface area contributed by atoms with Crippen LogP contribution >= 0.6 is 0 Å². The van der Waals surface area contributed by atoms with Gasteiger partial charge in [-0.3, -0.25) is 4.79 Å². The number of amides is 1. The van der Waals surface area contributed by atoms with E-state index in [-0.39, 0.29) is 17.8 Å². The third kappa shape index (κ3) is 3.13. The first kappa shape index (κ1) is 14.6. The molecule has 1 heterocycles. The lowest BCUT2D eigenvalue weighted by Gasteiger charge is -2.14. The molecule has 114 valence electrons. The maximum absolute atomic E-state index is 13.0. The number of aryl methyl sites for hydroxylation is 1. The lowest BCUT2D eigenvalue weighted by molar-refractivity contribution is 0.0936. The van der Waals surface area contributed by atoms with Crippen LogP contribution in [0.1, 0.15) is 46.8 Å². The predicted octanol–water partition coefficient (Wildman–Crippen LogP) is 2.99. The van der Waals surface area contributed by atoms with E-state index < -0.39 is 0 Å². The van der Waals surface area contributed by atoms with Crippen LogP contribution in [0.3, 0.4) is 0 Å². The van der Waals surface area contributed by atoms with Crippen LogP contribution in [0.4, 0.5) is 4.39 Å². The summed E-state index contributed by atoms with van der Waals surface area (Å²) >= 11 is 0. The average molecular weight is 299 g/mol. The van der Waals surface area contributed by atoms with Crippen molar-refractivity contribution in [2.45, 2.75) is 38.1 Å². The number of hydrogen-bond acceptors (Lipinski definition) is 3. The van der Waals surface area contributed by atoms with E-state index >= 15 is 0 Å². The molecule has 2 unspecified atom stereocenters. The van der Waals surface area contributed by atoms with Gasteiger partial charge in [-0.05, 0) is 55.9 Å². The molecular weight excluding hydrogens is 281 g/mol. The van der Waals surface area contributed by atoms with Crippen LogP contribution in [0, 0.1) is 12.7 Å². The maximum Gasteiger partial charge on any atom is 0.253 e. The minimum Gasteiger partial charge on any atom is -0.349 e. The Morgan fingerprint density at radius 3 is 2.73 bits per heavy atom. The van der Waals surface area contributed by atoms with Gasteiger partial charge < -0.3 is 5.32 Å². The molecule has 22 heavy (non-hydrogen) atoms. The maximum atomic E-state index is 13.0. The van der Waals surface area contributed by atoms with Gasteiger partial charge in [0.1, 0.15) is 5.82 Å². The van der Waals surface area contributed by atoms with Crippen molar-refractivity contribution in [3.05, 3.63) is 59.2 Å². The Kier molecular flexibility index (Phi) is 4.13. The topological polar surface area (TPSA) is 54.9 Å². The highest BCUT2D eigenvalue weighted by Crippen LogP contribution is 2.34.